The molecule has 0 amide bonds. The summed E-state index contributed by atoms with van der Waals surface area (Å²) in [4.78, 5) is 12.4. The molecule has 0 spiro atoms. The number of aryl methyl sites for hydroxylation is 1. The first-order chi connectivity index (χ1) is 17.0. The number of rotatable bonds is 8. The maximum Gasteiger partial charge on any atom is 0.336 e. The molecule has 0 atom stereocenters. The van der Waals surface area contributed by atoms with Crippen LogP contribution >= 0.6 is 15.9 Å². The highest BCUT2D eigenvalue weighted by atomic mass is 79.9. The van der Waals surface area contributed by atoms with Crippen molar-refractivity contribution in [3.63, 3.8) is 0 Å². The molecule has 0 radical (unpaired) electrons. The van der Waals surface area contributed by atoms with Crippen molar-refractivity contribution >= 4 is 28.0 Å². The predicted molar refractivity (Wildman–Crippen MR) is 143 cm³/mol. The zero-order valence-corrected chi connectivity index (χ0v) is 21.1. The number of esters is 1. The first-order valence-electron chi connectivity index (χ1n) is 11.1. The van der Waals surface area contributed by atoms with Gasteiger partial charge in [0.1, 0.15) is 12.4 Å². The summed E-state index contributed by atoms with van der Waals surface area (Å²) in [5.74, 6) is 1.21. The van der Waals surface area contributed by atoms with Crippen molar-refractivity contribution in [2.24, 2.45) is 0 Å². The fourth-order valence-electron chi connectivity index (χ4n) is 3.54. The molecule has 0 N–H and O–H groups in total. The number of methoxy groups -OCH3 is 1. The van der Waals surface area contributed by atoms with E-state index in [1.807, 2.05) is 78.9 Å². The molecular formula is C30H25BrO4. The van der Waals surface area contributed by atoms with Gasteiger partial charge in [-0.25, -0.2) is 4.79 Å². The SMILES string of the molecule is COc1cc(/C=C/C(=O)Oc2ccc(-c3ccccc3)cc2Br)ccc1OCc1ccccc1C. The van der Waals surface area contributed by atoms with Crippen LogP contribution in [0.2, 0.25) is 0 Å². The minimum Gasteiger partial charge on any atom is -0.493 e. The van der Waals surface area contributed by atoms with Gasteiger partial charge in [-0.1, -0.05) is 66.7 Å². The lowest BCUT2D eigenvalue weighted by Gasteiger charge is -2.12. The molecule has 5 heteroatoms. The van der Waals surface area contributed by atoms with E-state index in [1.165, 1.54) is 11.6 Å². The third-order valence-electron chi connectivity index (χ3n) is 5.49. The third-order valence-corrected chi connectivity index (χ3v) is 6.11. The number of carbonyl (C=O) groups is 1. The summed E-state index contributed by atoms with van der Waals surface area (Å²) in [5.41, 5.74) is 5.20. The minimum atomic E-state index is -0.475. The molecule has 4 aromatic rings. The van der Waals surface area contributed by atoms with Crippen molar-refractivity contribution < 1.29 is 19.0 Å². The van der Waals surface area contributed by atoms with Gasteiger partial charge in [-0.15, -0.1) is 0 Å². The van der Waals surface area contributed by atoms with Crippen molar-refractivity contribution in [3.8, 4) is 28.4 Å². The van der Waals surface area contributed by atoms with Gasteiger partial charge in [-0.3, -0.25) is 0 Å². The fourth-order valence-corrected chi connectivity index (χ4v) is 3.99. The lowest BCUT2D eigenvalue weighted by atomic mass is 10.1. The van der Waals surface area contributed by atoms with E-state index in [0.717, 1.165) is 22.3 Å². The quantitative estimate of drug-likeness (QED) is 0.134. The molecule has 0 saturated carbocycles. The van der Waals surface area contributed by atoms with E-state index < -0.39 is 5.97 Å². The number of benzene rings is 4. The van der Waals surface area contributed by atoms with E-state index in [-0.39, 0.29) is 0 Å². The summed E-state index contributed by atoms with van der Waals surface area (Å²) in [6.45, 7) is 2.50. The highest BCUT2D eigenvalue weighted by Crippen LogP contribution is 2.32. The number of ether oxygens (including phenoxy) is 3. The van der Waals surface area contributed by atoms with Crippen LogP contribution in [0.25, 0.3) is 17.2 Å². The molecule has 0 heterocycles. The Bertz CT molecular complexity index is 1350. The standard InChI is InChI=1S/C30H25BrO4/c1-21-8-6-7-11-25(21)20-34-28-15-12-22(18-29(28)33-2)13-17-30(32)35-27-16-14-24(19-26(27)31)23-9-4-3-5-10-23/h3-19H,20H2,1-2H3/b17-13+. The average molecular weight is 529 g/mol. The van der Waals surface area contributed by atoms with Gasteiger partial charge in [-0.2, -0.15) is 0 Å². The predicted octanol–water partition coefficient (Wildman–Crippen LogP) is 7.63. The summed E-state index contributed by atoms with van der Waals surface area (Å²) in [6, 6.07) is 29.3. The summed E-state index contributed by atoms with van der Waals surface area (Å²) < 4.78 is 17.7. The van der Waals surface area contributed by atoms with Crippen molar-refractivity contribution in [1.82, 2.24) is 0 Å². The Morgan fingerprint density at radius 2 is 1.57 bits per heavy atom. The van der Waals surface area contributed by atoms with Gasteiger partial charge in [-0.05, 0) is 81.0 Å². The lowest BCUT2D eigenvalue weighted by molar-refractivity contribution is -0.128. The number of carbonyl (C=O) groups excluding carboxylic acids is 1. The second-order valence-electron chi connectivity index (χ2n) is 7.89. The maximum atomic E-state index is 12.4. The van der Waals surface area contributed by atoms with Gasteiger partial charge in [0.2, 0.25) is 0 Å². The van der Waals surface area contributed by atoms with Crippen LogP contribution in [0.5, 0.6) is 17.2 Å². The van der Waals surface area contributed by atoms with Crippen LogP contribution in [-0.2, 0) is 11.4 Å². The second kappa shape index (κ2) is 11.5. The van der Waals surface area contributed by atoms with Crippen LogP contribution in [0.3, 0.4) is 0 Å². The molecule has 0 aliphatic heterocycles. The molecule has 4 aromatic carbocycles. The smallest absolute Gasteiger partial charge is 0.336 e. The summed E-state index contributed by atoms with van der Waals surface area (Å²) in [6.07, 6.45) is 3.07. The van der Waals surface area contributed by atoms with E-state index in [0.29, 0.717) is 28.3 Å². The van der Waals surface area contributed by atoms with Crippen LogP contribution < -0.4 is 14.2 Å². The van der Waals surface area contributed by atoms with E-state index in [1.54, 1.807) is 19.3 Å². The van der Waals surface area contributed by atoms with Crippen LogP contribution in [0.1, 0.15) is 16.7 Å². The molecule has 0 fully saturated rings. The summed E-state index contributed by atoms with van der Waals surface area (Å²) >= 11 is 3.50. The Morgan fingerprint density at radius 1 is 0.829 bits per heavy atom. The molecule has 4 nitrogen and oxygen atoms in total. The van der Waals surface area contributed by atoms with Gasteiger partial charge in [0.25, 0.3) is 0 Å². The van der Waals surface area contributed by atoms with E-state index in [9.17, 15) is 4.79 Å². The Labute approximate surface area is 213 Å². The topological polar surface area (TPSA) is 44.8 Å². The first kappa shape index (κ1) is 24.3. The second-order valence-corrected chi connectivity index (χ2v) is 8.75. The molecule has 0 aliphatic rings. The molecular weight excluding hydrogens is 504 g/mol. The zero-order chi connectivity index (χ0) is 24.6. The Balaban J connectivity index is 1.40. The molecule has 0 unspecified atom stereocenters. The highest BCUT2D eigenvalue weighted by molar-refractivity contribution is 9.10. The first-order valence-corrected chi connectivity index (χ1v) is 11.9. The maximum absolute atomic E-state index is 12.4. The van der Waals surface area contributed by atoms with Crippen molar-refractivity contribution in [2.75, 3.05) is 7.11 Å². The van der Waals surface area contributed by atoms with E-state index >= 15 is 0 Å². The van der Waals surface area contributed by atoms with Crippen molar-refractivity contribution in [1.29, 1.82) is 0 Å². The van der Waals surface area contributed by atoms with Crippen molar-refractivity contribution in [2.45, 2.75) is 13.5 Å². The van der Waals surface area contributed by atoms with Crippen molar-refractivity contribution in [3.05, 3.63) is 118 Å². The van der Waals surface area contributed by atoms with Crippen LogP contribution in [0.15, 0.2) is 102 Å². The minimum absolute atomic E-state index is 0.447. The van der Waals surface area contributed by atoms with Crippen LogP contribution in [-0.4, -0.2) is 13.1 Å². The molecule has 0 aromatic heterocycles. The van der Waals surface area contributed by atoms with Gasteiger partial charge >= 0.3 is 5.97 Å². The summed E-state index contributed by atoms with van der Waals surface area (Å²) in [7, 11) is 1.59. The molecule has 4 rings (SSSR count). The fraction of sp³-hybridized carbons (Fsp3) is 0.100. The largest absolute Gasteiger partial charge is 0.493 e. The normalized spacial score (nSPS) is 10.8. The van der Waals surface area contributed by atoms with Gasteiger partial charge in [0, 0.05) is 6.08 Å². The Morgan fingerprint density at radius 3 is 2.31 bits per heavy atom. The number of halogens is 1. The van der Waals surface area contributed by atoms with E-state index in [2.05, 4.69) is 28.9 Å². The monoisotopic (exact) mass is 528 g/mol. The number of hydrogen-bond donors (Lipinski definition) is 0. The van der Waals surface area contributed by atoms with Gasteiger partial charge in [0.05, 0.1) is 11.6 Å². The van der Waals surface area contributed by atoms with Gasteiger partial charge in [0.15, 0.2) is 11.5 Å². The molecule has 35 heavy (non-hydrogen) atoms. The molecule has 0 bridgehead atoms. The average Bonchev–Trinajstić information content (AvgIpc) is 2.89. The van der Waals surface area contributed by atoms with E-state index in [4.69, 9.17) is 14.2 Å². The van der Waals surface area contributed by atoms with Crippen LogP contribution in [0.4, 0.5) is 0 Å². The molecule has 0 aliphatic carbocycles. The molecule has 176 valence electrons. The number of hydrogen-bond acceptors (Lipinski definition) is 4. The lowest BCUT2D eigenvalue weighted by Crippen LogP contribution is -2.04. The Kier molecular flexibility index (Phi) is 8.01. The van der Waals surface area contributed by atoms with Crippen LogP contribution in [0, 0.1) is 6.92 Å². The van der Waals surface area contributed by atoms with Gasteiger partial charge < -0.3 is 14.2 Å². The highest BCUT2D eigenvalue weighted by Gasteiger charge is 2.09. The summed E-state index contributed by atoms with van der Waals surface area (Å²) in [5, 5.41) is 0. The Hall–Kier alpha value is -3.83. The zero-order valence-electron chi connectivity index (χ0n) is 19.5. The molecule has 0 saturated heterocycles. The third kappa shape index (κ3) is 6.40.